The zero-order valence-electron chi connectivity index (χ0n) is 16.5. The van der Waals surface area contributed by atoms with Crippen LogP contribution in [0.3, 0.4) is 0 Å². The summed E-state index contributed by atoms with van der Waals surface area (Å²) < 4.78 is 30.2. The Labute approximate surface area is 148 Å². The number of allylic oxidation sites excluding steroid dienone is 1. The predicted octanol–water partition coefficient (Wildman–Crippen LogP) is 5.18. The Kier molecular flexibility index (Phi) is 9.91. The van der Waals surface area contributed by atoms with Gasteiger partial charge in [0.05, 0.1) is 25.5 Å². The summed E-state index contributed by atoms with van der Waals surface area (Å²) in [6, 6.07) is 0. The van der Waals surface area contributed by atoms with E-state index >= 15 is 0 Å². The lowest BCUT2D eigenvalue weighted by Crippen LogP contribution is -2.45. The Morgan fingerprint density at radius 1 is 1.17 bits per heavy atom. The first-order valence-electron chi connectivity index (χ1n) is 8.57. The molecule has 24 heavy (non-hydrogen) atoms. The topological polar surface area (TPSA) is 61.8 Å². The number of carbonyl (C=O) groups excluding carboxylic acids is 1. The molecule has 0 saturated heterocycles. The van der Waals surface area contributed by atoms with Gasteiger partial charge in [0, 0.05) is 0 Å². The Hall–Kier alpha value is -0.263. The lowest BCUT2D eigenvalue weighted by Gasteiger charge is -2.40. The zero-order chi connectivity index (χ0) is 19.0. The summed E-state index contributed by atoms with van der Waals surface area (Å²) in [5.41, 5.74) is 0.897. The Morgan fingerprint density at radius 2 is 1.67 bits per heavy atom. The summed E-state index contributed by atoms with van der Waals surface area (Å²) in [4.78, 5) is 10.7. The van der Waals surface area contributed by atoms with E-state index in [-0.39, 0.29) is 17.3 Å². The number of aldehydes is 1. The molecule has 142 valence electrons. The average Bonchev–Trinajstić information content (AvgIpc) is 2.36. The highest BCUT2D eigenvalue weighted by Gasteiger charge is 2.41. The fourth-order valence-electron chi connectivity index (χ4n) is 2.07. The predicted molar refractivity (Wildman–Crippen MR) is 102 cm³/mol. The van der Waals surface area contributed by atoms with Crippen molar-refractivity contribution in [3.8, 4) is 0 Å². The monoisotopic (exact) mass is 378 g/mol. The van der Waals surface area contributed by atoms with Gasteiger partial charge in [-0.1, -0.05) is 26.3 Å². The normalized spacial score (nSPS) is 15.4. The number of rotatable bonds is 11. The Morgan fingerprint density at radius 3 is 2.04 bits per heavy atom. The van der Waals surface area contributed by atoms with Crippen LogP contribution in [0.4, 0.5) is 0 Å². The Balaban J connectivity index is 5.43. The first kappa shape index (κ1) is 23.7. The van der Waals surface area contributed by atoms with E-state index in [4.69, 9.17) is 13.5 Å². The largest absolute Gasteiger partial charge is 0.413 e. The highest BCUT2D eigenvalue weighted by molar-refractivity contribution is 7.53. The zero-order valence-corrected chi connectivity index (χ0v) is 18.4. The molecule has 0 aromatic carbocycles. The third-order valence-corrected chi connectivity index (χ3v) is 10.9. The van der Waals surface area contributed by atoms with E-state index in [1.807, 2.05) is 6.92 Å². The SMILES string of the molecule is CCOP(=O)(CC(C/C(C)=C\C=O)O[Si](C)(C)C(C)(C)C)OCC. The molecule has 0 fully saturated rings. The molecule has 0 N–H and O–H groups in total. The molecule has 0 aliphatic carbocycles. The summed E-state index contributed by atoms with van der Waals surface area (Å²) >= 11 is 0. The van der Waals surface area contributed by atoms with Crippen molar-refractivity contribution < 1.29 is 22.8 Å². The minimum Gasteiger partial charge on any atom is -0.413 e. The maximum atomic E-state index is 12.9. The van der Waals surface area contributed by atoms with Gasteiger partial charge in [0.15, 0.2) is 8.32 Å². The standard InChI is InChI=1S/C17H35O5PSi/c1-9-20-23(19,21-10-2)14-16(13-15(3)11-12-18)22-24(7,8)17(4,5)6/h11-12,16H,9-10,13-14H2,1-8H3/b15-11-. The second-order valence-corrected chi connectivity index (χ2v) is 14.3. The lowest BCUT2D eigenvalue weighted by atomic mass is 10.1. The molecule has 0 spiro atoms. The Bertz CT molecular complexity index is 458. The highest BCUT2D eigenvalue weighted by atomic mass is 31.2. The van der Waals surface area contributed by atoms with E-state index in [1.165, 1.54) is 6.08 Å². The van der Waals surface area contributed by atoms with Crippen LogP contribution in [-0.2, 0) is 22.8 Å². The first-order valence-corrected chi connectivity index (χ1v) is 13.2. The maximum absolute atomic E-state index is 12.9. The molecule has 1 unspecified atom stereocenters. The molecular weight excluding hydrogens is 343 g/mol. The molecule has 0 rings (SSSR count). The van der Waals surface area contributed by atoms with Gasteiger partial charge in [0.1, 0.15) is 6.29 Å². The van der Waals surface area contributed by atoms with E-state index in [2.05, 4.69) is 33.9 Å². The minimum atomic E-state index is -3.21. The average molecular weight is 379 g/mol. The molecular formula is C17H35O5PSi. The van der Waals surface area contributed by atoms with Gasteiger partial charge in [0.25, 0.3) is 0 Å². The molecule has 0 bridgehead atoms. The molecule has 0 aromatic rings. The number of hydrogen-bond donors (Lipinski definition) is 0. The van der Waals surface area contributed by atoms with Crippen molar-refractivity contribution in [1.82, 2.24) is 0 Å². The van der Waals surface area contributed by atoms with Crippen LogP contribution in [0.5, 0.6) is 0 Å². The third kappa shape index (κ3) is 8.21. The van der Waals surface area contributed by atoms with E-state index in [0.29, 0.717) is 19.6 Å². The van der Waals surface area contributed by atoms with Crippen LogP contribution in [0.15, 0.2) is 11.6 Å². The summed E-state index contributed by atoms with van der Waals surface area (Å²) in [6.45, 7) is 16.9. The van der Waals surface area contributed by atoms with Crippen LogP contribution in [-0.4, -0.2) is 40.1 Å². The van der Waals surface area contributed by atoms with Crippen molar-refractivity contribution in [2.24, 2.45) is 0 Å². The van der Waals surface area contributed by atoms with Gasteiger partial charge in [-0.15, -0.1) is 0 Å². The van der Waals surface area contributed by atoms with Crippen molar-refractivity contribution in [1.29, 1.82) is 0 Å². The maximum Gasteiger partial charge on any atom is 0.333 e. The molecule has 0 saturated carbocycles. The fraction of sp³-hybridized carbons (Fsp3) is 0.824. The van der Waals surface area contributed by atoms with Gasteiger partial charge in [-0.2, -0.15) is 0 Å². The molecule has 0 radical (unpaired) electrons. The van der Waals surface area contributed by atoms with Crippen molar-refractivity contribution in [2.75, 3.05) is 19.4 Å². The van der Waals surface area contributed by atoms with E-state index in [0.717, 1.165) is 11.9 Å². The molecule has 5 nitrogen and oxygen atoms in total. The van der Waals surface area contributed by atoms with Gasteiger partial charge in [-0.25, -0.2) is 0 Å². The fourth-order valence-corrected chi connectivity index (χ4v) is 5.33. The molecule has 0 aromatic heterocycles. The second kappa shape index (κ2) is 10.0. The van der Waals surface area contributed by atoms with Gasteiger partial charge in [0.2, 0.25) is 0 Å². The smallest absolute Gasteiger partial charge is 0.333 e. The number of hydrogen-bond acceptors (Lipinski definition) is 5. The van der Waals surface area contributed by atoms with Crippen molar-refractivity contribution in [2.45, 2.75) is 72.2 Å². The summed E-state index contributed by atoms with van der Waals surface area (Å²) in [6.07, 6.45) is 2.73. The van der Waals surface area contributed by atoms with Crippen molar-refractivity contribution >= 4 is 22.2 Å². The van der Waals surface area contributed by atoms with Gasteiger partial charge in [-0.3, -0.25) is 9.36 Å². The van der Waals surface area contributed by atoms with Gasteiger partial charge in [-0.05, 0) is 51.4 Å². The quantitative estimate of drug-likeness (QED) is 0.215. The third-order valence-electron chi connectivity index (χ3n) is 4.25. The lowest BCUT2D eigenvalue weighted by molar-refractivity contribution is -0.104. The molecule has 1 atom stereocenters. The highest BCUT2D eigenvalue weighted by Crippen LogP contribution is 2.50. The summed E-state index contributed by atoms with van der Waals surface area (Å²) in [7, 11) is -5.26. The summed E-state index contributed by atoms with van der Waals surface area (Å²) in [5.74, 6) is 0. The van der Waals surface area contributed by atoms with Crippen LogP contribution in [0.2, 0.25) is 18.1 Å². The molecule has 0 aliphatic heterocycles. The van der Waals surface area contributed by atoms with Crippen LogP contribution in [0, 0.1) is 0 Å². The van der Waals surface area contributed by atoms with Gasteiger partial charge >= 0.3 is 7.60 Å². The second-order valence-electron chi connectivity index (χ2n) is 7.48. The molecule has 0 amide bonds. The first-order chi connectivity index (χ1) is 10.9. The number of carbonyl (C=O) groups is 1. The van der Waals surface area contributed by atoms with Crippen molar-refractivity contribution in [3.05, 3.63) is 11.6 Å². The molecule has 0 heterocycles. The van der Waals surface area contributed by atoms with E-state index < -0.39 is 15.9 Å². The van der Waals surface area contributed by atoms with Gasteiger partial charge < -0.3 is 13.5 Å². The minimum absolute atomic E-state index is 0.0365. The van der Waals surface area contributed by atoms with Crippen LogP contribution < -0.4 is 0 Å². The molecule has 0 aliphatic rings. The van der Waals surface area contributed by atoms with E-state index in [1.54, 1.807) is 13.8 Å². The van der Waals surface area contributed by atoms with Crippen LogP contribution in [0.1, 0.15) is 48.0 Å². The van der Waals surface area contributed by atoms with Crippen LogP contribution >= 0.6 is 7.60 Å². The summed E-state index contributed by atoms with van der Waals surface area (Å²) in [5, 5.41) is 0.0365. The van der Waals surface area contributed by atoms with Crippen molar-refractivity contribution in [3.63, 3.8) is 0 Å². The molecule has 7 heteroatoms. The van der Waals surface area contributed by atoms with E-state index in [9.17, 15) is 9.36 Å². The van der Waals surface area contributed by atoms with Crippen LogP contribution in [0.25, 0.3) is 0 Å².